The van der Waals surface area contributed by atoms with Crippen LogP contribution in [-0.2, 0) is 21.1 Å². The lowest BCUT2D eigenvalue weighted by Crippen LogP contribution is -2.25. The van der Waals surface area contributed by atoms with Crippen molar-refractivity contribution in [1.82, 2.24) is 0 Å². The Morgan fingerprint density at radius 3 is 2.32 bits per heavy atom. The second kappa shape index (κ2) is 9.96. The van der Waals surface area contributed by atoms with Crippen LogP contribution in [0.2, 0.25) is 0 Å². The molecule has 8 nitrogen and oxygen atoms in total. The van der Waals surface area contributed by atoms with E-state index in [4.69, 9.17) is 10.6 Å². The average molecular weight is 345 g/mol. The fourth-order valence-electron chi connectivity index (χ4n) is 1.71. The second-order valence-corrected chi connectivity index (χ2v) is 5.33. The Kier molecular flexibility index (Phi) is 7.98. The Balaban J connectivity index is 2.94. The summed E-state index contributed by atoms with van der Waals surface area (Å²) in [6.45, 7) is 7.40. The van der Waals surface area contributed by atoms with Gasteiger partial charge in [-0.25, -0.2) is 0 Å². The van der Waals surface area contributed by atoms with Gasteiger partial charge in [-0.15, -0.1) is 0 Å². The van der Waals surface area contributed by atoms with E-state index in [1.165, 1.54) is 7.11 Å². The Labute approximate surface area is 147 Å². The molecule has 0 saturated heterocycles. The van der Waals surface area contributed by atoms with Crippen molar-refractivity contribution >= 4 is 28.8 Å². The van der Waals surface area contributed by atoms with Crippen molar-refractivity contribution in [2.45, 2.75) is 34.3 Å². The van der Waals surface area contributed by atoms with Gasteiger partial charge in [0.1, 0.15) is 13.7 Å². The zero-order valence-electron chi connectivity index (χ0n) is 15.1. The molecule has 1 rings (SSSR count). The number of nitrogens with two attached hydrogens (primary N) is 1. The summed E-state index contributed by atoms with van der Waals surface area (Å²) < 4.78 is 0. The quantitative estimate of drug-likeness (QED) is 0.576. The summed E-state index contributed by atoms with van der Waals surface area (Å²) in [7, 11) is 1.35. The van der Waals surface area contributed by atoms with Gasteiger partial charge in [0.2, 0.25) is 0 Å². The number of rotatable bonds is 8. The Bertz CT molecular complexity index is 732. The lowest BCUT2D eigenvalue weighted by molar-refractivity contribution is -0.112. The van der Waals surface area contributed by atoms with Crippen molar-refractivity contribution in [2.75, 3.05) is 7.11 Å². The molecule has 2 N–H and O–H groups in total. The minimum absolute atomic E-state index is 0.0212. The SMILES string of the molecule is CO/N=C(/C(N)=O)c1ccccc1CO/N=C(C)\C(C)=N/N=C(C)C. The first-order valence-electron chi connectivity index (χ1n) is 7.58. The molecular formula is C17H23N5O3. The van der Waals surface area contributed by atoms with Crippen LogP contribution in [0.15, 0.2) is 44.8 Å². The van der Waals surface area contributed by atoms with E-state index in [9.17, 15) is 4.79 Å². The van der Waals surface area contributed by atoms with Crippen LogP contribution in [0.25, 0.3) is 0 Å². The Morgan fingerprint density at radius 2 is 1.72 bits per heavy atom. The van der Waals surface area contributed by atoms with Crippen molar-refractivity contribution in [3.63, 3.8) is 0 Å². The molecule has 1 amide bonds. The molecule has 0 atom stereocenters. The van der Waals surface area contributed by atoms with Crippen LogP contribution < -0.4 is 5.73 Å². The van der Waals surface area contributed by atoms with E-state index >= 15 is 0 Å². The number of carbonyl (C=O) groups is 1. The van der Waals surface area contributed by atoms with Crippen molar-refractivity contribution in [1.29, 1.82) is 0 Å². The molecule has 0 aliphatic heterocycles. The maximum atomic E-state index is 11.6. The number of oxime groups is 2. The summed E-state index contributed by atoms with van der Waals surface area (Å²) >= 11 is 0. The molecule has 0 aromatic heterocycles. The smallest absolute Gasteiger partial charge is 0.271 e. The maximum Gasteiger partial charge on any atom is 0.271 e. The van der Waals surface area contributed by atoms with Crippen LogP contribution in [0.4, 0.5) is 0 Å². The third-order valence-corrected chi connectivity index (χ3v) is 3.03. The normalized spacial score (nSPS) is 12.6. The van der Waals surface area contributed by atoms with Gasteiger partial charge < -0.3 is 15.4 Å². The first kappa shape index (κ1) is 20.0. The van der Waals surface area contributed by atoms with Gasteiger partial charge in [0.15, 0.2) is 5.71 Å². The zero-order valence-corrected chi connectivity index (χ0v) is 15.1. The minimum Gasteiger partial charge on any atom is -0.398 e. The molecule has 0 aliphatic rings. The van der Waals surface area contributed by atoms with E-state index < -0.39 is 5.91 Å². The van der Waals surface area contributed by atoms with Gasteiger partial charge in [-0.05, 0) is 27.7 Å². The maximum absolute atomic E-state index is 11.6. The molecule has 134 valence electrons. The fourth-order valence-corrected chi connectivity index (χ4v) is 1.71. The molecule has 0 fully saturated rings. The molecule has 0 spiro atoms. The van der Waals surface area contributed by atoms with Crippen molar-refractivity contribution < 1.29 is 14.5 Å². The molecule has 1 aromatic carbocycles. The van der Waals surface area contributed by atoms with Gasteiger partial charge in [-0.3, -0.25) is 4.79 Å². The fraction of sp³-hybridized carbons (Fsp3) is 0.353. The van der Waals surface area contributed by atoms with Gasteiger partial charge in [0, 0.05) is 16.8 Å². The van der Waals surface area contributed by atoms with Crippen LogP contribution in [0.3, 0.4) is 0 Å². The molecule has 8 heteroatoms. The molecule has 0 bridgehead atoms. The van der Waals surface area contributed by atoms with Crippen molar-refractivity contribution in [3.05, 3.63) is 35.4 Å². The largest absolute Gasteiger partial charge is 0.398 e. The molecule has 25 heavy (non-hydrogen) atoms. The number of amides is 1. The van der Waals surface area contributed by atoms with Crippen molar-refractivity contribution in [3.8, 4) is 0 Å². The van der Waals surface area contributed by atoms with Gasteiger partial charge in [-0.2, -0.15) is 10.2 Å². The van der Waals surface area contributed by atoms with Crippen LogP contribution in [0.1, 0.15) is 38.8 Å². The van der Waals surface area contributed by atoms with Crippen LogP contribution in [-0.4, -0.2) is 35.9 Å². The molecule has 1 aromatic rings. The first-order valence-corrected chi connectivity index (χ1v) is 7.58. The topological polar surface area (TPSA) is 111 Å². The highest BCUT2D eigenvalue weighted by Gasteiger charge is 2.15. The Morgan fingerprint density at radius 1 is 1.04 bits per heavy atom. The average Bonchev–Trinajstić information content (AvgIpc) is 2.57. The Hall–Kier alpha value is -3.03. The number of nitrogens with zero attached hydrogens (tertiary/aromatic N) is 4. The molecule has 0 heterocycles. The van der Waals surface area contributed by atoms with E-state index in [0.29, 0.717) is 22.6 Å². The monoisotopic (exact) mass is 345 g/mol. The number of carbonyl (C=O) groups excluding carboxylic acids is 1. The number of benzene rings is 1. The molecular weight excluding hydrogens is 322 g/mol. The molecule has 0 radical (unpaired) electrons. The van der Waals surface area contributed by atoms with E-state index in [1.807, 2.05) is 19.9 Å². The highest BCUT2D eigenvalue weighted by atomic mass is 16.6. The molecule has 0 saturated carbocycles. The summed E-state index contributed by atoms with van der Waals surface area (Å²) in [5.41, 5.74) is 8.69. The third kappa shape index (κ3) is 6.54. The number of hydrogen-bond donors (Lipinski definition) is 1. The molecule has 0 unspecified atom stereocenters. The van der Waals surface area contributed by atoms with Crippen LogP contribution in [0.5, 0.6) is 0 Å². The van der Waals surface area contributed by atoms with Crippen LogP contribution in [0, 0.1) is 0 Å². The summed E-state index contributed by atoms with van der Waals surface area (Å²) in [5, 5.41) is 15.7. The van der Waals surface area contributed by atoms with Gasteiger partial charge in [-0.1, -0.05) is 34.6 Å². The van der Waals surface area contributed by atoms with Gasteiger partial charge in [0.05, 0.1) is 11.4 Å². The van der Waals surface area contributed by atoms with E-state index in [1.54, 1.807) is 32.0 Å². The highest BCUT2D eigenvalue weighted by molar-refractivity contribution is 6.45. The predicted octanol–water partition coefficient (Wildman–Crippen LogP) is 2.27. The van der Waals surface area contributed by atoms with Gasteiger partial charge >= 0.3 is 0 Å². The summed E-state index contributed by atoms with van der Waals surface area (Å²) in [6.07, 6.45) is 0. The highest BCUT2D eigenvalue weighted by Crippen LogP contribution is 2.12. The minimum atomic E-state index is -0.690. The van der Waals surface area contributed by atoms with E-state index in [0.717, 1.165) is 5.71 Å². The number of primary amides is 1. The van der Waals surface area contributed by atoms with E-state index in [2.05, 4.69) is 25.4 Å². The van der Waals surface area contributed by atoms with Crippen LogP contribution >= 0.6 is 0 Å². The summed E-state index contributed by atoms with van der Waals surface area (Å²) in [5.74, 6) is -0.690. The summed E-state index contributed by atoms with van der Waals surface area (Å²) in [4.78, 5) is 21.6. The number of hydrogen-bond acceptors (Lipinski definition) is 7. The lowest BCUT2D eigenvalue weighted by atomic mass is 10.0. The zero-order chi connectivity index (χ0) is 18.8. The lowest BCUT2D eigenvalue weighted by Gasteiger charge is -2.09. The van der Waals surface area contributed by atoms with Crippen molar-refractivity contribution in [2.24, 2.45) is 26.2 Å². The van der Waals surface area contributed by atoms with Gasteiger partial charge in [0.25, 0.3) is 5.91 Å². The predicted molar refractivity (Wildman–Crippen MR) is 99.0 cm³/mol. The third-order valence-electron chi connectivity index (χ3n) is 3.03. The van der Waals surface area contributed by atoms with E-state index in [-0.39, 0.29) is 12.3 Å². The molecule has 0 aliphatic carbocycles. The standard InChI is InChI=1S/C17H23N5O3/c1-11(2)19-20-12(3)13(4)21-25-10-14-8-6-7-9-15(14)16(17(18)23)22-24-5/h6-9H,10H2,1-5H3,(H2,18,23)/b20-12-,21-13-,22-16+. The second-order valence-electron chi connectivity index (χ2n) is 5.33. The first-order chi connectivity index (χ1) is 11.9. The summed E-state index contributed by atoms with van der Waals surface area (Å²) in [6, 6.07) is 7.09.